The van der Waals surface area contributed by atoms with Crippen molar-refractivity contribution in [3.05, 3.63) is 83.2 Å². The van der Waals surface area contributed by atoms with Gasteiger partial charge in [0.05, 0.1) is 23.8 Å². The number of fused-ring (bicyclic) bond motifs is 1. The van der Waals surface area contributed by atoms with E-state index in [4.69, 9.17) is 4.74 Å². The van der Waals surface area contributed by atoms with Crippen molar-refractivity contribution < 1.29 is 13.5 Å². The number of aromatic nitrogens is 1. The number of nitrogens with zero attached hydrogens (tertiary/aromatic N) is 1. The van der Waals surface area contributed by atoms with Gasteiger partial charge >= 0.3 is 0 Å². The van der Waals surface area contributed by atoms with Crippen molar-refractivity contribution in [3.63, 3.8) is 0 Å². The predicted octanol–water partition coefficient (Wildman–Crippen LogP) is 7.14. The summed E-state index contributed by atoms with van der Waals surface area (Å²) in [5.41, 5.74) is 5.01. The molecule has 0 amide bonds. The van der Waals surface area contributed by atoms with Crippen LogP contribution in [0.2, 0.25) is 0 Å². The highest BCUT2D eigenvalue weighted by Gasteiger charge is 2.16. The highest BCUT2D eigenvalue weighted by molar-refractivity contribution is 7.22. The third-order valence-electron chi connectivity index (χ3n) is 4.66. The molecule has 0 N–H and O–H groups in total. The zero-order valence-corrected chi connectivity index (χ0v) is 17.1. The van der Waals surface area contributed by atoms with E-state index in [1.54, 1.807) is 6.20 Å². The summed E-state index contributed by atoms with van der Waals surface area (Å²) < 4.78 is 34.4. The molecule has 0 radical (unpaired) electrons. The second kappa shape index (κ2) is 7.76. The first-order valence-electron chi connectivity index (χ1n) is 9.12. The van der Waals surface area contributed by atoms with Gasteiger partial charge in [-0.1, -0.05) is 17.2 Å². The van der Waals surface area contributed by atoms with Gasteiger partial charge in [0.15, 0.2) is 0 Å². The van der Waals surface area contributed by atoms with Crippen LogP contribution in [0.25, 0.3) is 37.9 Å². The normalized spacial score (nSPS) is 11.5. The molecule has 146 valence electrons. The van der Waals surface area contributed by atoms with Crippen molar-refractivity contribution in [3.8, 4) is 21.7 Å². The van der Waals surface area contributed by atoms with Crippen LogP contribution in [0.3, 0.4) is 0 Å². The first-order chi connectivity index (χ1) is 14.0. The van der Waals surface area contributed by atoms with E-state index in [9.17, 15) is 8.78 Å². The minimum Gasteiger partial charge on any atom is -0.504 e. The molecule has 2 heterocycles. The van der Waals surface area contributed by atoms with Crippen LogP contribution in [0.4, 0.5) is 8.78 Å². The average Bonchev–Trinajstić information content (AvgIpc) is 3.10. The summed E-state index contributed by atoms with van der Waals surface area (Å²) >= 11 is 1.48. The highest BCUT2D eigenvalue weighted by atomic mass is 32.1. The average molecular weight is 407 g/mol. The highest BCUT2D eigenvalue weighted by Crippen LogP contribution is 2.40. The van der Waals surface area contributed by atoms with E-state index in [0.717, 1.165) is 43.4 Å². The molecule has 0 unspecified atom stereocenters. The van der Waals surface area contributed by atoms with Crippen molar-refractivity contribution in [1.82, 2.24) is 4.98 Å². The molecule has 0 aliphatic carbocycles. The minimum atomic E-state index is -0.626. The summed E-state index contributed by atoms with van der Waals surface area (Å²) in [7, 11) is 1.48. The number of halogens is 2. The first-order valence-corrected chi connectivity index (χ1v) is 9.94. The maximum Gasteiger partial charge on any atom is 0.134 e. The molecule has 29 heavy (non-hydrogen) atoms. The summed E-state index contributed by atoms with van der Waals surface area (Å²) in [5.74, 6) is -1.24. The zero-order chi connectivity index (χ0) is 20.5. The Labute approximate surface area is 172 Å². The summed E-state index contributed by atoms with van der Waals surface area (Å²) in [4.78, 5) is 5.37. The first kappa shape index (κ1) is 19.3. The summed E-state index contributed by atoms with van der Waals surface area (Å²) in [6.45, 7) is 4.11. The van der Waals surface area contributed by atoms with Crippen molar-refractivity contribution in [1.29, 1.82) is 0 Å². The lowest BCUT2D eigenvalue weighted by Crippen LogP contribution is -1.90. The molecule has 0 bridgehead atoms. The Hall–Kier alpha value is -3.05. The SMILES string of the molecule is COC=Cc1c(F)cc(F)cc1-c1cc2ccnc(-c3cc(C)cc(C)c3)c2s1. The molecule has 2 aromatic carbocycles. The summed E-state index contributed by atoms with van der Waals surface area (Å²) in [6.07, 6.45) is 4.66. The van der Waals surface area contributed by atoms with Crippen LogP contribution in [0.5, 0.6) is 0 Å². The number of aryl methyl sites for hydroxylation is 2. The van der Waals surface area contributed by atoms with Crippen LogP contribution >= 0.6 is 11.3 Å². The number of ether oxygens (including phenoxy) is 1. The molecule has 2 nitrogen and oxygen atoms in total. The number of methoxy groups -OCH3 is 1. The molecule has 0 spiro atoms. The van der Waals surface area contributed by atoms with E-state index in [0.29, 0.717) is 11.1 Å². The van der Waals surface area contributed by atoms with Gasteiger partial charge in [0.25, 0.3) is 0 Å². The molecule has 4 aromatic rings. The smallest absolute Gasteiger partial charge is 0.134 e. The monoisotopic (exact) mass is 407 g/mol. The molecule has 0 fully saturated rings. The third kappa shape index (κ3) is 3.78. The van der Waals surface area contributed by atoms with Gasteiger partial charge < -0.3 is 4.74 Å². The fraction of sp³-hybridized carbons (Fsp3) is 0.125. The lowest BCUT2D eigenvalue weighted by atomic mass is 10.0. The van der Waals surface area contributed by atoms with Crippen LogP contribution < -0.4 is 0 Å². The third-order valence-corrected chi connectivity index (χ3v) is 5.85. The van der Waals surface area contributed by atoms with Crippen LogP contribution in [0.1, 0.15) is 16.7 Å². The molecule has 0 aliphatic heterocycles. The maximum atomic E-state index is 14.5. The van der Waals surface area contributed by atoms with E-state index in [1.807, 2.05) is 12.1 Å². The quantitative estimate of drug-likeness (QED) is 0.335. The fourth-order valence-corrected chi connectivity index (χ4v) is 4.71. The zero-order valence-electron chi connectivity index (χ0n) is 16.3. The second-order valence-corrected chi connectivity index (χ2v) is 8.00. The van der Waals surface area contributed by atoms with Crippen LogP contribution in [-0.2, 0) is 4.74 Å². The van der Waals surface area contributed by atoms with Crippen molar-refractivity contribution in [2.45, 2.75) is 13.8 Å². The Bertz CT molecular complexity index is 1220. The maximum absolute atomic E-state index is 14.5. The number of hydrogen-bond donors (Lipinski definition) is 0. The molecule has 0 atom stereocenters. The lowest BCUT2D eigenvalue weighted by molar-refractivity contribution is 0.341. The Morgan fingerprint density at radius 3 is 2.48 bits per heavy atom. The molecular formula is C24H19F2NOS. The topological polar surface area (TPSA) is 22.1 Å². The van der Waals surface area contributed by atoms with Crippen molar-refractivity contribution >= 4 is 27.5 Å². The van der Waals surface area contributed by atoms with Gasteiger partial charge in [-0.15, -0.1) is 11.3 Å². The lowest BCUT2D eigenvalue weighted by Gasteiger charge is -2.06. The molecule has 0 aliphatic rings. The Morgan fingerprint density at radius 1 is 1.00 bits per heavy atom. The number of pyridine rings is 1. The van der Waals surface area contributed by atoms with Crippen molar-refractivity contribution in [2.24, 2.45) is 0 Å². The molecule has 2 aromatic heterocycles. The largest absolute Gasteiger partial charge is 0.504 e. The van der Waals surface area contributed by atoms with Crippen LogP contribution in [-0.4, -0.2) is 12.1 Å². The molecular weight excluding hydrogens is 388 g/mol. The fourth-order valence-electron chi connectivity index (χ4n) is 3.51. The van der Waals surface area contributed by atoms with Crippen LogP contribution in [0, 0.1) is 25.5 Å². The van der Waals surface area contributed by atoms with E-state index in [2.05, 4.69) is 37.0 Å². The minimum absolute atomic E-state index is 0.292. The van der Waals surface area contributed by atoms with Gasteiger partial charge in [-0.05, 0) is 55.6 Å². The Balaban J connectivity index is 1.93. The summed E-state index contributed by atoms with van der Waals surface area (Å²) in [6, 6.07) is 12.4. The van der Waals surface area contributed by atoms with E-state index in [1.165, 1.54) is 36.9 Å². The number of thiophene rings is 1. The number of benzene rings is 2. The van der Waals surface area contributed by atoms with Gasteiger partial charge in [-0.3, -0.25) is 4.98 Å². The van der Waals surface area contributed by atoms with E-state index in [-0.39, 0.29) is 0 Å². The molecule has 4 rings (SSSR count). The van der Waals surface area contributed by atoms with Gasteiger partial charge in [0.2, 0.25) is 0 Å². The molecule has 0 saturated heterocycles. The van der Waals surface area contributed by atoms with Gasteiger partial charge in [-0.2, -0.15) is 0 Å². The standard InChI is InChI=1S/C24H19F2NOS/c1-14-8-15(2)10-17(9-14)23-24-16(4-6-27-23)11-22(29-24)20-12-18(25)13-21(26)19(20)5-7-28-3/h4-13H,1-3H3. The van der Waals surface area contributed by atoms with Gasteiger partial charge in [0.1, 0.15) is 11.6 Å². The van der Waals surface area contributed by atoms with E-state index < -0.39 is 11.6 Å². The molecule has 5 heteroatoms. The van der Waals surface area contributed by atoms with Gasteiger partial charge in [0, 0.05) is 33.8 Å². The Morgan fingerprint density at radius 2 is 1.76 bits per heavy atom. The number of hydrogen-bond acceptors (Lipinski definition) is 3. The summed E-state index contributed by atoms with van der Waals surface area (Å²) in [5, 5.41) is 0.987. The van der Waals surface area contributed by atoms with Crippen molar-refractivity contribution in [2.75, 3.05) is 7.11 Å². The number of rotatable bonds is 4. The van der Waals surface area contributed by atoms with E-state index >= 15 is 0 Å². The Kier molecular flexibility index (Phi) is 5.16. The van der Waals surface area contributed by atoms with Gasteiger partial charge in [-0.25, -0.2) is 8.78 Å². The molecule has 0 saturated carbocycles. The predicted molar refractivity (Wildman–Crippen MR) is 116 cm³/mol. The van der Waals surface area contributed by atoms with Crippen LogP contribution in [0.15, 0.2) is 54.9 Å². The second-order valence-electron chi connectivity index (χ2n) is 6.95.